The summed E-state index contributed by atoms with van der Waals surface area (Å²) in [5.41, 5.74) is 1.03. The average molecular weight is 346 g/mol. The highest BCUT2D eigenvalue weighted by molar-refractivity contribution is 7.91. The first kappa shape index (κ1) is 16.1. The van der Waals surface area contributed by atoms with Crippen LogP contribution in [0.2, 0.25) is 10.0 Å². The molecule has 1 aromatic heterocycles. The van der Waals surface area contributed by atoms with Gasteiger partial charge in [-0.25, -0.2) is 8.42 Å². The number of aromatic nitrogens is 1. The smallest absolute Gasteiger partial charge is 0.309 e. The lowest BCUT2D eigenvalue weighted by molar-refractivity contribution is -0.646. The van der Waals surface area contributed by atoms with E-state index in [0.717, 1.165) is 6.20 Å². The highest BCUT2D eigenvalue weighted by Crippen LogP contribution is 2.35. The van der Waals surface area contributed by atoms with Gasteiger partial charge in [-0.3, -0.25) is 0 Å². The van der Waals surface area contributed by atoms with Gasteiger partial charge in [-0.05, 0) is 37.1 Å². The number of rotatable bonds is 3. The maximum Gasteiger partial charge on any atom is 0.309 e. The van der Waals surface area contributed by atoms with Crippen LogP contribution in [0.3, 0.4) is 0 Å². The molecule has 0 N–H and O–H groups in total. The molecule has 4 nitrogen and oxygen atoms in total. The Hall–Kier alpha value is -1.30. The first-order chi connectivity index (χ1) is 9.76. The standard InChI is InChI=1S/C14H13Cl2NO3S/c1-9-12(15)7-6-11(14(9)16)10(2)21(19,20)13-5-3-4-8-17(13)18/h3-8,10H,1-2H3. The summed E-state index contributed by atoms with van der Waals surface area (Å²) in [6, 6.07) is 7.41. The van der Waals surface area contributed by atoms with Crippen molar-refractivity contribution >= 4 is 33.0 Å². The first-order valence-electron chi connectivity index (χ1n) is 6.13. The Morgan fingerprint density at radius 3 is 2.48 bits per heavy atom. The molecule has 0 bridgehead atoms. The van der Waals surface area contributed by atoms with Gasteiger partial charge in [0.15, 0.2) is 6.20 Å². The van der Waals surface area contributed by atoms with Gasteiger partial charge < -0.3 is 5.21 Å². The van der Waals surface area contributed by atoms with Crippen molar-refractivity contribution in [3.8, 4) is 0 Å². The molecule has 21 heavy (non-hydrogen) atoms. The van der Waals surface area contributed by atoms with Crippen LogP contribution in [0.15, 0.2) is 41.6 Å². The summed E-state index contributed by atoms with van der Waals surface area (Å²) in [5.74, 6) is 0. The second-order valence-electron chi connectivity index (χ2n) is 4.63. The molecule has 0 radical (unpaired) electrons. The third-order valence-corrected chi connectivity index (χ3v) is 6.33. The van der Waals surface area contributed by atoms with Gasteiger partial charge in [0, 0.05) is 22.2 Å². The van der Waals surface area contributed by atoms with E-state index in [-0.39, 0.29) is 5.03 Å². The molecule has 0 amide bonds. The molecule has 112 valence electrons. The summed E-state index contributed by atoms with van der Waals surface area (Å²) in [4.78, 5) is 0. The fourth-order valence-electron chi connectivity index (χ4n) is 1.98. The van der Waals surface area contributed by atoms with E-state index in [1.54, 1.807) is 19.1 Å². The number of nitrogens with zero attached hydrogens (tertiary/aromatic N) is 1. The first-order valence-corrected chi connectivity index (χ1v) is 8.43. The minimum atomic E-state index is -3.85. The Bertz CT molecular complexity index is 791. The molecule has 0 aliphatic rings. The molecule has 0 aliphatic heterocycles. The van der Waals surface area contributed by atoms with Gasteiger partial charge in [0.1, 0.15) is 0 Å². The maximum absolute atomic E-state index is 12.6. The van der Waals surface area contributed by atoms with E-state index in [2.05, 4.69) is 0 Å². The number of sulfone groups is 1. The number of halogens is 2. The van der Waals surface area contributed by atoms with Gasteiger partial charge in [0.05, 0.1) is 5.25 Å². The van der Waals surface area contributed by atoms with Crippen LogP contribution in [0, 0.1) is 12.1 Å². The Labute approximate surface area is 133 Å². The van der Waals surface area contributed by atoms with E-state index in [9.17, 15) is 13.6 Å². The van der Waals surface area contributed by atoms with Crippen LogP contribution in [0.1, 0.15) is 23.3 Å². The molecule has 0 saturated heterocycles. The van der Waals surface area contributed by atoms with Crippen molar-refractivity contribution < 1.29 is 13.1 Å². The van der Waals surface area contributed by atoms with Crippen LogP contribution in [0.25, 0.3) is 0 Å². The molecule has 2 rings (SSSR count). The van der Waals surface area contributed by atoms with Crippen LogP contribution in [-0.2, 0) is 9.84 Å². The maximum atomic E-state index is 12.6. The SMILES string of the molecule is Cc1c(Cl)ccc(C(C)S(=O)(=O)c2cccc[n+]2[O-])c1Cl. The van der Waals surface area contributed by atoms with E-state index >= 15 is 0 Å². The monoisotopic (exact) mass is 345 g/mol. The van der Waals surface area contributed by atoms with Crippen LogP contribution in [-0.4, -0.2) is 8.42 Å². The van der Waals surface area contributed by atoms with Crippen LogP contribution in [0.4, 0.5) is 0 Å². The lowest BCUT2D eigenvalue weighted by Crippen LogP contribution is -2.34. The summed E-state index contributed by atoms with van der Waals surface area (Å²) >= 11 is 12.2. The minimum Gasteiger partial charge on any atom is -0.618 e. The molecule has 2 aromatic rings. The number of pyridine rings is 1. The van der Waals surface area contributed by atoms with E-state index < -0.39 is 15.1 Å². The van der Waals surface area contributed by atoms with Crippen molar-refractivity contribution in [2.24, 2.45) is 0 Å². The average Bonchev–Trinajstić information content (AvgIpc) is 2.44. The molecule has 0 spiro atoms. The Morgan fingerprint density at radius 1 is 1.19 bits per heavy atom. The Morgan fingerprint density at radius 2 is 1.86 bits per heavy atom. The number of hydrogen-bond acceptors (Lipinski definition) is 3. The summed E-state index contributed by atoms with van der Waals surface area (Å²) < 4.78 is 25.5. The fourth-order valence-corrected chi connectivity index (χ4v) is 4.05. The summed E-state index contributed by atoms with van der Waals surface area (Å²) in [7, 11) is -3.85. The Kier molecular flexibility index (Phi) is 4.46. The van der Waals surface area contributed by atoms with E-state index in [0.29, 0.717) is 25.9 Å². The largest absolute Gasteiger partial charge is 0.618 e. The quantitative estimate of drug-likeness (QED) is 0.632. The van der Waals surface area contributed by atoms with Gasteiger partial charge in [0.25, 0.3) is 0 Å². The molecule has 0 aliphatic carbocycles. The lowest BCUT2D eigenvalue weighted by atomic mass is 10.1. The van der Waals surface area contributed by atoms with Gasteiger partial charge in [-0.15, -0.1) is 0 Å². The van der Waals surface area contributed by atoms with E-state index in [1.807, 2.05) is 0 Å². The third-order valence-electron chi connectivity index (χ3n) is 3.33. The third kappa shape index (κ3) is 2.86. The predicted molar refractivity (Wildman–Crippen MR) is 82.2 cm³/mol. The molecule has 1 heterocycles. The predicted octanol–water partition coefficient (Wildman–Crippen LogP) is 3.47. The van der Waals surface area contributed by atoms with E-state index in [4.69, 9.17) is 23.2 Å². The van der Waals surface area contributed by atoms with Gasteiger partial charge >= 0.3 is 5.03 Å². The molecule has 1 atom stereocenters. The zero-order valence-electron chi connectivity index (χ0n) is 11.4. The second kappa shape index (κ2) is 5.83. The molecular formula is C14H13Cl2NO3S. The molecule has 0 saturated carbocycles. The topological polar surface area (TPSA) is 61.1 Å². The van der Waals surface area contributed by atoms with Gasteiger partial charge in [-0.2, -0.15) is 4.73 Å². The van der Waals surface area contributed by atoms with Crippen molar-refractivity contribution in [1.82, 2.24) is 0 Å². The van der Waals surface area contributed by atoms with E-state index in [1.165, 1.54) is 25.1 Å². The zero-order valence-corrected chi connectivity index (χ0v) is 13.7. The second-order valence-corrected chi connectivity index (χ2v) is 7.63. The van der Waals surface area contributed by atoms with Crippen LogP contribution >= 0.6 is 23.2 Å². The van der Waals surface area contributed by atoms with Gasteiger partial charge in [-0.1, -0.05) is 29.3 Å². The van der Waals surface area contributed by atoms with Crippen LogP contribution < -0.4 is 4.73 Å². The fraction of sp³-hybridized carbons (Fsp3) is 0.214. The highest BCUT2D eigenvalue weighted by atomic mass is 35.5. The van der Waals surface area contributed by atoms with Crippen molar-refractivity contribution in [3.05, 3.63) is 62.9 Å². The summed E-state index contributed by atoms with van der Waals surface area (Å²) in [6.07, 6.45) is 1.15. The van der Waals surface area contributed by atoms with Crippen molar-refractivity contribution in [3.63, 3.8) is 0 Å². The molecule has 7 heteroatoms. The molecule has 1 unspecified atom stereocenters. The van der Waals surface area contributed by atoms with Crippen molar-refractivity contribution in [1.29, 1.82) is 0 Å². The Balaban J connectivity index is 2.57. The molecular weight excluding hydrogens is 333 g/mol. The van der Waals surface area contributed by atoms with Crippen molar-refractivity contribution in [2.75, 3.05) is 0 Å². The normalized spacial score (nSPS) is 13.1. The van der Waals surface area contributed by atoms with Gasteiger partial charge in [0.2, 0.25) is 9.84 Å². The molecule has 1 aromatic carbocycles. The zero-order chi connectivity index (χ0) is 15.8. The number of hydrogen-bond donors (Lipinski definition) is 0. The summed E-state index contributed by atoms with van der Waals surface area (Å²) in [5, 5.41) is 11.2. The number of benzene rings is 1. The lowest BCUT2D eigenvalue weighted by Gasteiger charge is -2.16. The minimum absolute atomic E-state index is 0.298. The highest BCUT2D eigenvalue weighted by Gasteiger charge is 2.33. The van der Waals surface area contributed by atoms with Crippen LogP contribution in [0.5, 0.6) is 0 Å². The van der Waals surface area contributed by atoms with Crippen molar-refractivity contribution in [2.45, 2.75) is 24.1 Å². The molecule has 0 fully saturated rings. The summed E-state index contributed by atoms with van der Waals surface area (Å²) in [6.45, 7) is 3.21.